The number of para-hydroxylation sites is 1. The van der Waals surface area contributed by atoms with E-state index >= 15 is 0 Å². The SMILES string of the molecule is NC(=O)c1ccccc1N1CCN(C(=O)OCCO)CC1. The fourth-order valence-corrected chi connectivity index (χ4v) is 2.31. The van der Waals surface area contributed by atoms with E-state index in [1.807, 2.05) is 17.0 Å². The molecule has 0 bridgehead atoms. The van der Waals surface area contributed by atoms with Crippen LogP contribution in [0, 0.1) is 0 Å². The first-order valence-corrected chi connectivity index (χ1v) is 6.80. The Labute approximate surface area is 122 Å². The van der Waals surface area contributed by atoms with Gasteiger partial charge in [0.15, 0.2) is 0 Å². The molecule has 7 heteroatoms. The third kappa shape index (κ3) is 3.63. The molecule has 1 aromatic carbocycles. The zero-order valence-corrected chi connectivity index (χ0v) is 11.7. The minimum atomic E-state index is -0.463. The van der Waals surface area contributed by atoms with Gasteiger partial charge < -0.3 is 25.4 Å². The van der Waals surface area contributed by atoms with E-state index in [2.05, 4.69) is 0 Å². The summed E-state index contributed by atoms with van der Waals surface area (Å²) in [6.07, 6.45) is -0.424. The predicted molar refractivity (Wildman–Crippen MR) is 77.2 cm³/mol. The summed E-state index contributed by atoms with van der Waals surface area (Å²) in [4.78, 5) is 26.7. The van der Waals surface area contributed by atoms with E-state index in [1.54, 1.807) is 17.0 Å². The summed E-state index contributed by atoms with van der Waals surface area (Å²) in [5, 5.41) is 8.64. The number of primary amides is 1. The molecule has 1 aromatic rings. The third-order valence-electron chi connectivity index (χ3n) is 3.36. The quantitative estimate of drug-likeness (QED) is 0.817. The van der Waals surface area contributed by atoms with E-state index in [0.717, 1.165) is 5.69 Å². The zero-order valence-electron chi connectivity index (χ0n) is 11.7. The first-order chi connectivity index (χ1) is 10.1. The lowest BCUT2D eigenvalue weighted by atomic mass is 10.1. The summed E-state index contributed by atoms with van der Waals surface area (Å²) in [5.74, 6) is -0.463. The Morgan fingerprint density at radius 3 is 2.48 bits per heavy atom. The molecule has 0 aromatic heterocycles. The van der Waals surface area contributed by atoms with E-state index in [9.17, 15) is 9.59 Å². The first kappa shape index (κ1) is 15.1. The summed E-state index contributed by atoms with van der Waals surface area (Å²) in [6, 6.07) is 7.16. The molecule has 0 radical (unpaired) electrons. The van der Waals surface area contributed by atoms with Gasteiger partial charge >= 0.3 is 6.09 Å². The molecule has 1 saturated heterocycles. The number of carbonyl (C=O) groups is 2. The van der Waals surface area contributed by atoms with Gasteiger partial charge in [-0.3, -0.25) is 4.79 Å². The van der Waals surface area contributed by atoms with Gasteiger partial charge in [-0.05, 0) is 12.1 Å². The number of aliphatic hydroxyl groups is 1. The van der Waals surface area contributed by atoms with Crippen LogP contribution in [-0.4, -0.2) is 61.4 Å². The van der Waals surface area contributed by atoms with Crippen LogP contribution in [0.15, 0.2) is 24.3 Å². The molecule has 1 fully saturated rings. The predicted octanol–water partition coefficient (Wildman–Crippen LogP) is 0.0364. The second kappa shape index (κ2) is 6.94. The molecule has 0 saturated carbocycles. The lowest BCUT2D eigenvalue weighted by Crippen LogP contribution is -2.49. The number of benzene rings is 1. The van der Waals surface area contributed by atoms with E-state index in [1.165, 1.54) is 0 Å². The van der Waals surface area contributed by atoms with Crippen molar-refractivity contribution >= 4 is 17.7 Å². The number of ether oxygens (including phenoxy) is 1. The van der Waals surface area contributed by atoms with Gasteiger partial charge in [-0.25, -0.2) is 4.79 Å². The third-order valence-corrected chi connectivity index (χ3v) is 3.36. The summed E-state index contributed by atoms with van der Waals surface area (Å²) in [5.41, 5.74) is 6.64. The number of piperazine rings is 1. The number of nitrogens with zero attached hydrogens (tertiary/aromatic N) is 2. The van der Waals surface area contributed by atoms with E-state index < -0.39 is 12.0 Å². The van der Waals surface area contributed by atoms with Crippen molar-refractivity contribution in [1.29, 1.82) is 0 Å². The Balaban J connectivity index is 1.98. The van der Waals surface area contributed by atoms with Crippen molar-refractivity contribution < 1.29 is 19.4 Å². The standard InChI is InChI=1S/C14H19N3O4/c15-13(19)11-3-1-2-4-12(11)16-5-7-17(8-6-16)14(20)21-10-9-18/h1-4,18H,5-10H2,(H2,15,19). The molecule has 114 valence electrons. The van der Waals surface area contributed by atoms with Crippen LogP contribution in [0.2, 0.25) is 0 Å². The number of nitrogens with two attached hydrogens (primary N) is 1. The lowest BCUT2D eigenvalue weighted by molar-refractivity contribution is 0.0825. The lowest BCUT2D eigenvalue weighted by Gasteiger charge is -2.36. The van der Waals surface area contributed by atoms with Crippen LogP contribution in [0.5, 0.6) is 0 Å². The normalized spacial score (nSPS) is 14.9. The monoisotopic (exact) mass is 293 g/mol. The summed E-state index contributed by atoms with van der Waals surface area (Å²) in [7, 11) is 0. The fourth-order valence-electron chi connectivity index (χ4n) is 2.31. The van der Waals surface area contributed by atoms with Gasteiger partial charge in [0.05, 0.1) is 12.2 Å². The van der Waals surface area contributed by atoms with Crippen molar-refractivity contribution in [3.63, 3.8) is 0 Å². The Bertz CT molecular complexity index is 513. The Morgan fingerprint density at radius 2 is 1.86 bits per heavy atom. The van der Waals surface area contributed by atoms with E-state index in [-0.39, 0.29) is 13.2 Å². The van der Waals surface area contributed by atoms with Crippen molar-refractivity contribution in [3.8, 4) is 0 Å². The number of aliphatic hydroxyl groups excluding tert-OH is 1. The van der Waals surface area contributed by atoms with Gasteiger partial charge in [-0.1, -0.05) is 12.1 Å². The summed E-state index contributed by atoms with van der Waals surface area (Å²) < 4.78 is 4.88. The van der Waals surface area contributed by atoms with E-state index in [0.29, 0.717) is 31.7 Å². The van der Waals surface area contributed by atoms with Crippen molar-refractivity contribution in [3.05, 3.63) is 29.8 Å². The van der Waals surface area contributed by atoms with Crippen LogP contribution in [-0.2, 0) is 4.74 Å². The molecule has 2 amide bonds. The molecule has 0 spiro atoms. The van der Waals surface area contributed by atoms with Gasteiger partial charge in [-0.15, -0.1) is 0 Å². The van der Waals surface area contributed by atoms with Gasteiger partial charge in [0, 0.05) is 31.9 Å². The topological polar surface area (TPSA) is 96.1 Å². The van der Waals surface area contributed by atoms with Crippen molar-refractivity contribution in [1.82, 2.24) is 4.90 Å². The smallest absolute Gasteiger partial charge is 0.409 e. The van der Waals surface area contributed by atoms with Crippen LogP contribution >= 0.6 is 0 Å². The number of rotatable bonds is 4. The average Bonchev–Trinajstić information content (AvgIpc) is 2.52. The maximum absolute atomic E-state index is 11.7. The molecule has 21 heavy (non-hydrogen) atoms. The molecule has 3 N–H and O–H groups in total. The highest BCUT2D eigenvalue weighted by atomic mass is 16.6. The molecule has 1 aliphatic rings. The second-order valence-corrected chi connectivity index (χ2v) is 4.69. The fraction of sp³-hybridized carbons (Fsp3) is 0.429. The average molecular weight is 293 g/mol. The Hall–Kier alpha value is -2.28. The van der Waals surface area contributed by atoms with Gasteiger partial charge in [0.25, 0.3) is 5.91 Å². The van der Waals surface area contributed by atoms with Crippen LogP contribution in [0.1, 0.15) is 10.4 Å². The van der Waals surface area contributed by atoms with Crippen LogP contribution in [0.3, 0.4) is 0 Å². The Morgan fingerprint density at radius 1 is 1.19 bits per heavy atom. The van der Waals surface area contributed by atoms with Crippen molar-refractivity contribution in [2.45, 2.75) is 0 Å². The number of hydrogen-bond acceptors (Lipinski definition) is 5. The minimum absolute atomic E-state index is 0.00353. The summed E-state index contributed by atoms with van der Waals surface area (Å²) >= 11 is 0. The molecule has 7 nitrogen and oxygen atoms in total. The van der Waals surface area contributed by atoms with Gasteiger partial charge in [0.2, 0.25) is 0 Å². The van der Waals surface area contributed by atoms with Crippen molar-refractivity contribution in [2.24, 2.45) is 5.73 Å². The number of anilines is 1. The highest BCUT2D eigenvalue weighted by molar-refractivity contribution is 5.98. The summed E-state index contributed by atoms with van der Waals surface area (Å²) in [6.45, 7) is 2.01. The number of carbonyl (C=O) groups excluding carboxylic acids is 2. The van der Waals surface area contributed by atoms with Crippen molar-refractivity contribution in [2.75, 3.05) is 44.3 Å². The molecule has 1 aliphatic heterocycles. The number of hydrogen-bond donors (Lipinski definition) is 2. The van der Waals surface area contributed by atoms with Crippen LogP contribution < -0.4 is 10.6 Å². The maximum Gasteiger partial charge on any atom is 0.409 e. The Kier molecular flexibility index (Phi) is 4.99. The molecule has 1 heterocycles. The second-order valence-electron chi connectivity index (χ2n) is 4.69. The molecule has 0 aliphatic carbocycles. The largest absolute Gasteiger partial charge is 0.447 e. The first-order valence-electron chi connectivity index (χ1n) is 6.80. The molecular formula is C14H19N3O4. The minimum Gasteiger partial charge on any atom is -0.447 e. The van der Waals surface area contributed by atoms with Gasteiger partial charge in [-0.2, -0.15) is 0 Å². The molecule has 0 atom stereocenters. The maximum atomic E-state index is 11.7. The van der Waals surface area contributed by atoms with Gasteiger partial charge in [0.1, 0.15) is 6.61 Å². The molecule has 0 unspecified atom stereocenters. The zero-order chi connectivity index (χ0) is 15.2. The van der Waals surface area contributed by atoms with E-state index in [4.69, 9.17) is 15.6 Å². The highest BCUT2D eigenvalue weighted by Crippen LogP contribution is 2.21. The van der Waals surface area contributed by atoms with Crippen LogP contribution in [0.25, 0.3) is 0 Å². The molecule has 2 rings (SSSR count). The number of amides is 2. The highest BCUT2D eigenvalue weighted by Gasteiger charge is 2.24. The van der Waals surface area contributed by atoms with Crippen LogP contribution in [0.4, 0.5) is 10.5 Å². The molecular weight excluding hydrogens is 274 g/mol.